The van der Waals surface area contributed by atoms with Gasteiger partial charge in [-0.05, 0) is 0 Å². The summed E-state index contributed by atoms with van der Waals surface area (Å²) in [7, 11) is 0. The SMILES string of the molecule is CCC[CH2][Sn]1([CH2]CCC)[O]C[C@H](Cc2ccccc2)[O]1. The second-order valence-electron chi connectivity index (χ2n) is 5.86. The van der Waals surface area contributed by atoms with Crippen LogP contribution in [0.4, 0.5) is 0 Å². The third-order valence-corrected chi connectivity index (χ3v) is 14.6. The van der Waals surface area contributed by atoms with Gasteiger partial charge < -0.3 is 0 Å². The summed E-state index contributed by atoms with van der Waals surface area (Å²) in [5.74, 6) is 0. The summed E-state index contributed by atoms with van der Waals surface area (Å²) in [5.41, 5.74) is 1.37. The maximum absolute atomic E-state index is 6.54. The van der Waals surface area contributed by atoms with Gasteiger partial charge in [0.25, 0.3) is 0 Å². The van der Waals surface area contributed by atoms with E-state index in [0.29, 0.717) is 6.10 Å². The third kappa shape index (κ3) is 4.74. The van der Waals surface area contributed by atoms with E-state index in [2.05, 4.69) is 44.2 Å². The second kappa shape index (κ2) is 8.40. The van der Waals surface area contributed by atoms with Crippen LogP contribution in [0.5, 0.6) is 0 Å². The molecule has 0 aliphatic carbocycles. The molecule has 1 aromatic rings. The van der Waals surface area contributed by atoms with Crippen LogP contribution in [-0.2, 0) is 12.6 Å². The Morgan fingerprint density at radius 1 is 1.05 bits per heavy atom. The summed E-state index contributed by atoms with van der Waals surface area (Å²) in [6.45, 7) is 5.35. The molecular formula is C17H28O2Sn. The van der Waals surface area contributed by atoms with E-state index in [1.807, 2.05) is 0 Å². The van der Waals surface area contributed by atoms with Crippen molar-refractivity contribution >= 4 is 19.2 Å². The zero-order valence-electron chi connectivity index (χ0n) is 12.9. The summed E-state index contributed by atoms with van der Waals surface area (Å²) in [6.07, 6.45) is 6.37. The predicted octanol–water partition coefficient (Wildman–Crippen LogP) is 4.69. The van der Waals surface area contributed by atoms with E-state index < -0.39 is 19.2 Å². The van der Waals surface area contributed by atoms with Gasteiger partial charge in [-0.3, -0.25) is 0 Å². The summed E-state index contributed by atoms with van der Waals surface area (Å²) >= 11 is -2.71. The fourth-order valence-corrected chi connectivity index (χ4v) is 13.9. The summed E-state index contributed by atoms with van der Waals surface area (Å²) in [5, 5.41) is 0. The predicted molar refractivity (Wildman–Crippen MR) is 86.2 cm³/mol. The van der Waals surface area contributed by atoms with Crippen LogP contribution >= 0.6 is 0 Å². The average Bonchev–Trinajstić information content (AvgIpc) is 2.88. The first kappa shape index (κ1) is 16.3. The van der Waals surface area contributed by atoms with Crippen LogP contribution in [0.3, 0.4) is 0 Å². The fourth-order valence-electron chi connectivity index (χ4n) is 2.87. The number of benzene rings is 1. The Kier molecular flexibility index (Phi) is 6.85. The molecule has 2 rings (SSSR count). The minimum atomic E-state index is -2.71. The molecule has 0 aromatic heterocycles. The first-order valence-corrected chi connectivity index (χ1v) is 14.5. The van der Waals surface area contributed by atoms with Gasteiger partial charge >= 0.3 is 129 Å². The van der Waals surface area contributed by atoms with Crippen LogP contribution in [0.2, 0.25) is 8.87 Å². The Morgan fingerprint density at radius 2 is 1.70 bits per heavy atom. The standard InChI is InChI=1S/C9H10O2.2C4H9.Sn/c10-7-9(11)6-8-4-2-1-3-5-8;2*1-3-4-2;/h1-5,9H,6-7H2;2*1,3-4H2,2H3;/q-2;;;+2/t9-;;;/m0.../s1. The van der Waals surface area contributed by atoms with Gasteiger partial charge in [0.2, 0.25) is 0 Å². The molecule has 1 fully saturated rings. The van der Waals surface area contributed by atoms with Gasteiger partial charge in [-0.1, -0.05) is 0 Å². The van der Waals surface area contributed by atoms with Crippen molar-refractivity contribution < 1.29 is 6.15 Å². The second-order valence-corrected chi connectivity index (χ2v) is 15.4. The van der Waals surface area contributed by atoms with E-state index >= 15 is 0 Å². The fraction of sp³-hybridized carbons (Fsp3) is 0.647. The zero-order chi connectivity index (χ0) is 14.3. The normalized spacial score (nSPS) is 21.2. The van der Waals surface area contributed by atoms with E-state index in [1.165, 1.54) is 40.1 Å². The molecule has 20 heavy (non-hydrogen) atoms. The van der Waals surface area contributed by atoms with Gasteiger partial charge in [0.1, 0.15) is 0 Å². The van der Waals surface area contributed by atoms with Crippen LogP contribution in [0.1, 0.15) is 45.1 Å². The molecule has 0 saturated carbocycles. The topological polar surface area (TPSA) is 18.5 Å². The van der Waals surface area contributed by atoms with Gasteiger partial charge in [0, 0.05) is 0 Å². The van der Waals surface area contributed by atoms with Gasteiger partial charge in [0.15, 0.2) is 0 Å². The molecule has 1 atom stereocenters. The number of rotatable bonds is 8. The molecule has 0 N–H and O–H groups in total. The number of hydrogen-bond donors (Lipinski definition) is 0. The van der Waals surface area contributed by atoms with Crippen molar-refractivity contribution in [1.82, 2.24) is 0 Å². The van der Waals surface area contributed by atoms with Gasteiger partial charge in [-0.2, -0.15) is 0 Å². The van der Waals surface area contributed by atoms with Crippen molar-refractivity contribution in [2.75, 3.05) is 6.61 Å². The molecule has 1 saturated heterocycles. The monoisotopic (exact) mass is 384 g/mol. The van der Waals surface area contributed by atoms with Gasteiger partial charge in [-0.15, -0.1) is 0 Å². The van der Waals surface area contributed by atoms with Crippen molar-refractivity contribution in [3.05, 3.63) is 35.9 Å². The molecule has 1 aliphatic rings. The Balaban J connectivity index is 1.92. The Bertz CT molecular complexity index is 372. The first-order chi connectivity index (χ1) is 9.78. The van der Waals surface area contributed by atoms with Crippen LogP contribution in [0, 0.1) is 0 Å². The third-order valence-electron chi connectivity index (χ3n) is 4.04. The first-order valence-electron chi connectivity index (χ1n) is 8.13. The van der Waals surface area contributed by atoms with Crippen molar-refractivity contribution in [3.8, 4) is 0 Å². The Labute approximate surface area is 128 Å². The van der Waals surface area contributed by atoms with Crippen molar-refractivity contribution in [3.63, 3.8) is 0 Å². The molecule has 0 bridgehead atoms. The Morgan fingerprint density at radius 3 is 2.30 bits per heavy atom. The van der Waals surface area contributed by atoms with Gasteiger partial charge in [-0.25, -0.2) is 0 Å². The summed E-state index contributed by atoms with van der Waals surface area (Å²) in [4.78, 5) is 0. The van der Waals surface area contributed by atoms with E-state index in [9.17, 15) is 0 Å². The zero-order valence-corrected chi connectivity index (χ0v) is 15.8. The minimum absolute atomic E-state index is 0.307. The average molecular weight is 383 g/mol. The molecule has 1 heterocycles. The van der Waals surface area contributed by atoms with E-state index in [4.69, 9.17) is 6.15 Å². The molecule has 0 radical (unpaired) electrons. The van der Waals surface area contributed by atoms with Crippen molar-refractivity contribution in [2.24, 2.45) is 0 Å². The molecule has 1 aliphatic heterocycles. The van der Waals surface area contributed by atoms with E-state index in [-0.39, 0.29) is 0 Å². The molecule has 0 amide bonds. The van der Waals surface area contributed by atoms with Crippen LogP contribution in [0.15, 0.2) is 30.3 Å². The van der Waals surface area contributed by atoms with E-state index in [1.54, 1.807) is 0 Å². The number of unbranched alkanes of at least 4 members (excludes halogenated alkanes) is 2. The molecule has 112 valence electrons. The molecule has 2 nitrogen and oxygen atoms in total. The molecule has 3 heteroatoms. The maximum atomic E-state index is 6.54. The van der Waals surface area contributed by atoms with Crippen LogP contribution < -0.4 is 0 Å². The quantitative estimate of drug-likeness (QED) is 0.607. The number of hydrogen-bond acceptors (Lipinski definition) is 2. The van der Waals surface area contributed by atoms with Gasteiger partial charge in [0.05, 0.1) is 0 Å². The van der Waals surface area contributed by atoms with Crippen molar-refractivity contribution in [2.45, 2.75) is 60.9 Å². The molecule has 0 unspecified atom stereocenters. The van der Waals surface area contributed by atoms with E-state index in [0.717, 1.165) is 13.0 Å². The van der Waals surface area contributed by atoms with Crippen LogP contribution in [0.25, 0.3) is 0 Å². The molecule has 1 aromatic carbocycles. The summed E-state index contributed by atoms with van der Waals surface area (Å²) < 4.78 is 15.4. The van der Waals surface area contributed by atoms with Crippen LogP contribution in [-0.4, -0.2) is 31.9 Å². The molecular weight excluding hydrogens is 355 g/mol. The molecule has 0 spiro atoms. The Hall–Kier alpha value is -0.0613. The van der Waals surface area contributed by atoms with Crippen molar-refractivity contribution in [1.29, 1.82) is 0 Å². The summed E-state index contributed by atoms with van der Waals surface area (Å²) in [6, 6.07) is 10.7.